The minimum Gasteiger partial charge on any atom is -0.352 e. The minimum absolute atomic E-state index is 0.0433. The van der Waals surface area contributed by atoms with Crippen LogP contribution in [0.4, 0.5) is 0 Å². The highest BCUT2D eigenvalue weighted by Crippen LogP contribution is 2.24. The Bertz CT molecular complexity index is 827. The highest BCUT2D eigenvalue weighted by Gasteiger charge is 2.29. The molecule has 29 heavy (non-hydrogen) atoms. The Morgan fingerprint density at radius 3 is 2.31 bits per heavy atom. The number of halogens is 2. The van der Waals surface area contributed by atoms with Gasteiger partial charge in [0.1, 0.15) is 6.04 Å². The van der Waals surface area contributed by atoms with Gasteiger partial charge < -0.3 is 10.2 Å². The Kier molecular flexibility index (Phi) is 8.99. The van der Waals surface area contributed by atoms with Gasteiger partial charge in [-0.15, -0.1) is 0 Å². The van der Waals surface area contributed by atoms with Crippen molar-refractivity contribution in [2.75, 3.05) is 0 Å². The molecule has 6 heteroatoms. The predicted octanol–water partition coefficient (Wildman–Crippen LogP) is 5.26. The van der Waals surface area contributed by atoms with Crippen LogP contribution in [0, 0.1) is 0 Å². The molecule has 0 fully saturated rings. The second-order valence-corrected chi connectivity index (χ2v) is 8.01. The maximum Gasteiger partial charge on any atom is 0.243 e. The van der Waals surface area contributed by atoms with Crippen LogP contribution in [0.15, 0.2) is 48.5 Å². The summed E-state index contributed by atoms with van der Waals surface area (Å²) in [5.74, 6) is -0.262. The molecule has 2 amide bonds. The van der Waals surface area contributed by atoms with Gasteiger partial charge in [-0.1, -0.05) is 73.4 Å². The van der Waals surface area contributed by atoms with E-state index in [1.165, 1.54) is 0 Å². The lowest BCUT2D eigenvalue weighted by Gasteiger charge is -2.32. The lowest BCUT2D eigenvalue weighted by Crippen LogP contribution is -2.51. The first kappa shape index (κ1) is 23.2. The SMILES string of the molecule is CC[C@H](C)NC(=O)[C@H](CC)N(Cc1ccc(Cl)cc1Cl)C(=O)Cc1ccccc1. The maximum atomic E-state index is 13.2. The fourth-order valence-corrected chi connectivity index (χ4v) is 3.53. The third-order valence-corrected chi connectivity index (χ3v) is 5.53. The summed E-state index contributed by atoms with van der Waals surface area (Å²) in [7, 11) is 0. The zero-order chi connectivity index (χ0) is 21.4. The molecule has 0 aliphatic heterocycles. The van der Waals surface area contributed by atoms with E-state index in [0.29, 0.717) is 16.5 Å². The number of nitrogens with zero attached hydrogens (tertiary/aromatic N) is 1. The van der Waals surface area contributed by atoms with Gasteiger partial charge in [-0.25, -0.2) is 0 Å². The Hall–Kier alpha value is -2.04. The molecule has 0 bridgehead atoms. The predicted molar refractivity (Wildman–Crippen MR) is 119 cm³/mol. The third kappa shape index (κ3) is 6.76. The summed E-state index contributed by atoms with van der Waals surface area (Å²) in [6, 6.07) is 14.2. The van der Waals surface area contributed by atoms with Crippen LogP contribution in [0.5, 0.6) is 0 Å². The highest BCUT2D eigenvalue weighted by molar-refractivity contribution is 6.35. The summed E-state index contributed by atoms with van der Waals surface area (Å²) in [6.07, 6.45) is 1.55. The summed E-state index contributed by atoms with van der Waals surface area (Å²) in [5, 5.41) is 4.01. The van der Waals surface area contributed by atoms with Crippen LogP contribution in [0.1, 0.15) is 44.7 Å². The molecule has 2 atom stereocenters. The molecular formula is C23H28Cl2N2O2. The molecule has 0 radical (unpaired) electrons. The average Bonchev–Trinajstić information content (AvgIpc) is 2.70. The van der Waals surface area contributed by atoms with Crippen molar-refractivity contribution in [2.45, 2.75) is 58.7 Å². The van der Waals surface area contributed by atoms with Crippen molar-refractivity contribution in [3.8, 4) is 0 Å². The van der Waals surface area contributed by atoms with Crippen molar-refractivity contribution >= 4 is 35.0 Å². The van der Waals surface area contributed by atoms with Crippen molar-refractivity contribution < 1.29 is 9.59 Å². The molecule has 0 aromatic heterocycles. The number of hydrogen-bond acceptors (Lipinski definition) is 2. The molecule has 0 unspecified atom stereocenters. The molecule has 2 aromatic rings. The average molecular weight is 435 g/mol. The van der Waals surface area contributed by atoms with Gasteiger partial charge in [0, 0.05) is 22.6 Å². The number of carbonyl (C=O) groups is 2. The third-order valence-electron chi connectivity index (χ3n) is 4.94. The smallest absolute Gasteiger partial charge is 0.243 e. The monoisotopic (exact) mass is 434 g/mol. The second-order valence-electron chi connectivity index (χ2n) is 7.16. The van der Waals surface area contributed by atoms with Crippen LogP contribution in [0.25, 0.3) is 0 Å². The number of carbonyl (C=O) groups excluding carboxylic acids is 2. The summed E-state index contributed by atoms with van der Waals surface area (Å²) < 4.78 is 0. The van der Waals surface area contributed by atoms with Gasteiger partial charge in [0.15, 0.2) is 0 Å². The van der Waals surface area contributed by atoms with Crippen molar-refractivity contribution in [3.05, 3.63) is 69.7 Å². The Morgan fingerprint density at radius 1 is 1.03 bits per heavy atom. The molecule has 0 saturated carbocycles. The van der Waals surface area contributed by atoms with Crippen LogP contribution in [0.2, 0.25) is 10.0 Å². The van der Waals surface area contributed by atoms with E-state index in [4.69, 9.17) is 23.2 Å². The summed E-state index contributed by atoms with van der Waals surface area (Å²) in [5.41, 5.74) is 1.66. The Balaban J connectivity index is 2.31. The molecule has 0 aliphatic rings. The molecule has 0 saturated heterocycles. The number of benzene rings is 2. The van der Waals surface area contributed by atoms with Crippen LogP contribution in [0.3, 0.4) is 0 Å². The molecule has 2 aromatic carbocycles. The van der Waals surface area contributed by atoms with Crippen molar-refractivity contribution in [1.82, 2.24) is 10.2 Å². The van der Waals surface area contributed by atoms with E-state index < -0.39 is 6.04 Å². The van der Waals surface area contributed by atoms with Gasteiger partial charge in [0.05, 0.1) is 6.42 Å². The molecule has 4 nitrogen and oxygen atoms in total. The van der Waals surface area contributed by atoms with Crippen molar-refractivity contribution in [3.63, 3.8) is 0 Å². The van der Waals surface area contributed by atoms with E-state index in [0.717, 1.165) is 17.5 Å². The van der Waals surface area contributed by atoms with E-state index in [1.54, 1.807) is 23.1 Å². The van der Waals surface area contributed by atoms with Crippen LogP contribution in [-0.4, -0.2) is 28.8 Å². The highest BCUT2D eigenvalue weighted by atomic mass is 35.5. The molecule has 0 aliphatic carbocycles. The largest absolute Gasteiger partial charge is 0.352 e. The van der Waals surface area contributed by atoms with E-state index in [9.17, 15) is 9.59 Å². The van der Waals surface area contributed by atoms with E-state index >= 15 is 0 Å². The standard InChI is InChI=1S/C23H28Cl2N2O2/c1-4-16(3)26-23(29)21(5-2)27(15-18-11-12-19(24)14-20(18)25)22(28)13-17-9-7-6-8-10-17/h6-12,14,16,21H,4-5,13,15H2,1-3H3,(H,26,29)/t16-,21-/m0/s1. The van der Waals surface area contributed by atoms with E-state index in [-0.39, 0.29) is 30.8 Å². The molecule has 0 heterocycles. The number of hydrogen-bond donors (Lipinski definition) is 1. The summed E-state index contributed by atoms with van der Waals surface area (Å²) >= 11 is 12.4. The topological polar surface area (TPSA) is 49.4 Å². The van der Waals surface area contributed by atoms with Gasteiger partial charge in [-0.2, -0.15) is 0 Å². The quantitative estimate of drug-likeness (QED) is 0.584. The molecule has 2 rings (SSSR count). The lowest BCUT2D eigenvalue weighted by molar-refractivity contribution is -0.141. The van der Waals surface area contributed by atoms with Gasteiger partial charge in [0.25, 0.3) is 0 Å². The molecule has 0 spiro atoms. The summed E-state index contributed by atoms with van der Waals surface area (Å²) in [4.78, 5) is 27.8. The van der Waals surface area contributed by atoms with Crippen LogP contribution >= 0.6 is 23.2 Å². The summed E-state index contributed by atoms with van der Waals surface area (Å²) in [6.45, 7) is 6.12. The first-order valence-electron chi connectivity index (χ1n) is 9.93. The van der Waals surface area contributed by atoms with Gasteiger partial charge in [-0.05, 0) is 43.0 Å². The first-order valence-corrected chi connectivity index (χ1v) is 10.7. The van der Waals surface area contributed by atoms with Crippen LogP contribution < -0.4 is 5.32 Å². The van der Waals surface area contributed by atoms with E-state index in [2.05, 4.69) is 5.32 Å². The zero-order valence-electron chi connectivity index (χ0n) is 17.1. The van der Waals surface area contributed by atoms with Gasteiger partial charge in [0.2, 0.25) is 11.8 Å². The van der Waals surface area contributed by atoms with Crippen LogP contribution in [-0.2, 0) is 22.6 Å². The minimum atomic E-state index is -0.577. The molecular weight excluding hydrogens is 407 g/mol. The Labute approximate surface area is 183 Å². The zero-order valence-corrected chi connectivity index (χ0v) is 18.6. The lowest BCUT2D eigenvalue weighted by atomic mass is 10.1. The van der Waals surface area contributed by atoms with Gasteiger partial charge in [-0.3, -0.25) is 9.59 Å². The number of rotatable bonds is 9. The molecule has 1 N–H and O–H groups in total. The number of nitrogens with one attached hydrogen (secondary N) is 1. The second kappa shape index (κ2) is 11.2. The van der Waals surface area contributed by atoms with E-state index in [1.807, 2.05) is 51.1 Å². The van der Waals surface area contributed by atoms with Crippen molar-refractivity contribution in [1.29, 1.82) is 0 Å². The fraction of sp³-hybridized carbons (Fsp3) is 0.391. The van der Waals surface area contributed by atoms with Crippen molar-refractivity contribution in [2.24, 2.45) is 0 Å². The number of amides is 2. The Morgan fingerprint density at radius 2 is 1.72 bits per heavy atom. The maximum absolute atomic E-state index is 13.2. The molecule has 156 valence electrons. The normalized spacial score (nSPS) is 12.9. The fourth-order valence-electron chi connectivity index (χ4n) is 3.07. The first-order chi connectivity index (χ1) is 13.8. The van der Waals surface area contributed by atoms with Gasteiger partial charge >= 0.3 is 0 Å².